The standard InChI is InChI=1S/C21H21N3O4/c1-26-16-6-4-5-14(11-16)23-15-7-9-18(22-13-15)21(25)24-19-12-17(27-2)8-10-20(19)28-3/h4-13,23H,1-3H3,(H,24,25). The minimum Gasteiger partial charge on any atom is -0.497 e. The Morgan fingerprint density at radius 1 is 0.857 bits per heavy atom. The molecular weight excluding hydrogens is 358 g/mol. The van der Waals surface area contributed by atoms with E-state index < -0.39 is 0 Å². The van der Waals surface area contributed by atoms with Gasteiger partial charge in [-0.1, -0.05) is 6.07 Å². The van der Waals surface area contributed by atoms with E-state index in [9.17, 15) is 4.79 Å². The minimum absolute atomic E-state index is 0.279. The number of amides is 1. The first-order valence-electron chi connectivity index (χ1n) is 8.53. The van der Waals surface area contributed by atoms with Gasteiger partial charge in [-0.15, -0.1) is 0 Å². The Morgan fingerprint density at radius 3 is 2.32 bits per heavy atom. The number of nitrogens with one attached hydrogen (secondary N) is 2. The minimum atomic E-state index is -0.348. The Morgan fingerprint density at radius 2 is 1.64 bits per heavy atom. The van der Waals surface area contributed by atoms with Crippen molar-refractivity contribution < 1.29 is 19.0 Å². The maximum absolute atomic E-state index is 12.5. The van der Waals surface area contributed by atoms with E-state index >= 15 is 0 Å². The van der Waals surface area contributed by atoms with E-state index in [2.05, 4.69) is 15.6 Å². The summed E-state index contributed by atoms with van der Waals surface area (Å²) in [5, 5.41) is 6.01. The second-order valence-electron chi connectivity index (χ2n) is 5.81. The highest BCUT2D eigenvalue weighted by molar-refractivity contribution is 6.03. The highest BCUT2D eigenvalue weighted by Crippen LogP contribution is 2.29. The maximum Gasteiger partial charge on any atom is 0.274 e. The normalized spacial score (nSPS) is 10.1. The number of benzene rings is 2. The lowest BCUT2D eigenvalue weighted by Gasteiger charge is -2.12. The molecule has 2 aromatic carbocycles. The lowest BCUT2D eigenvalue weighted by molar-refractivity contribution is 0.102. The van der Waals surface area contributed by atoms with E-state index in [1.807, 2.05) is 24.3 Å². The van der Waals surface area contributed by atoms with Gasteiger partial charge in [0.1, 0.15) is 22.9 Å². The topological polar surface area (TPSA) is 81.7 Å². The highest BCUT2D eigenvalue weighted by Gasteiger charge is 2.12. The molecule has 7 heteroatoms. The Kier molecular flexibility index (Phi) is 5.96. The van der Waals surface area contributed by atoms with Gasteiger partial charge in [0, 0.05) is 17.8 Å². The molecule has 144 valence electrons. The van der Waals surface area contributed by atoms with Crippen LogP contribution in [0.1, 0.15) is 10.5 Å². The predicted molar refractivity (Wildman–Crippen MR) is 108 cm³/mol. The third kappa shape index (κ3) is 4.50. The predicted octanol–water partition coefficient (Wildman–Crippen LogP) is 4.10. The Bertz CT molecular complexity index is 958. The van der Waals surface area contributed by atoms with E-state index in [4.69, 9.17) is 14.2 Å². The van der Waals surface area contributed by atoms with Crippen molar-refractivity contribution in [3.63, 3.8) is 0 Å². The van der Waals surface area contributed by atoms with Crippen molar-refractivity contribution in [1.82, 2.24) is 4.98 Å². The number of rotatable bonds is 7. The van der Waals surface area contributed by atoms with Crippen molar-refractivity contribution in [3.8, 4) is 17.2 Å². The first kappa shape index (κ1) is 19.0. The average molecular weight is 379 g/mol. The first-order chi connectivity index (χ1) is 13.6. The molecule has 0 radical (unpaired) electrons. The molecule has 2 N–H and O–H groups in total. The number of ether oxygens (including phenoxy) is 3. The second-order valence-corrected chi connectivity index (χ2v) is 5.81. The Labute approximate surface area is 163 Å². The lowest BCUT2D eigenvalue weighted by atomic mass is 10.2. The molecular formula is C21H21N3O4. The van der Waals surface area contributed by atoms with Crippen molar-refractivity contribution in [2.24, 2.45) is 0 Å². The molecule has 1 heterocycles. The highest BCUT2D eigenvalue weighted by atomic mass is 16.5. The fraction of sp³-hybridized carbons (Fsp3) is 0.143. The first-order valence-corrected chi connectivity index (χ1v) is 8.53. The van der Waals surface area contributed by atoms with Crippen LogP contribution >= 0.6 is 0 Å². The zero-order chi connectivity index (χ0) is 19.9. The van der Waals surface area contributed by atoms with Crippen LogP contribution in [0.2, 0.25) is 0 Å². The van der Waals surface area contributed by atoms with Gasteiger partial charge in [-0.3, -0.25) is 4.79 Å². The molecule has 7 nitrogen and oxygen atoms in total. The van der Waals surface area contributed by atoms with Crippen LogP contribution in [0.15, 0.2) is 60.8 Å². The fourth-order valence-electron chi connectivity index (χ4n) is 2.57. The fourth-order valence-corrected chi connectivity index (χ4v) is 2.57. The molecule has 28 heavy (non-hydrogen) atoms. The molecule has 0 unspecified atom stereocenters. The zero-order valence-electron chi connectivity index (χ0n) is 15.9. The molecule has 0 aliphatic carbocycles. The molecule has 0 atom stereocenters. The van der Waals surface area contributed by atoms with Crippen LogP contribution in [0.3, 0.4) is 0 Å². The van der Waals surface area contributed by atoms with Gasteiger partial charge in [0.2, 0.25) is 0 Å². The van der Waals surface area contributed by atoms with Crippen molar-refractivity contribution >= 4 is 23.0 Å². The molecule has 0 fully saturated rings. The number of carbonyl (C=O) groups excluding carboxylic acids is 1. The van der Waals surface area contributed by atoms with Crippen molar-refractivity contribution in [2.45, 2.75) is 0 Å². The summed E-state index contributed by atoms with van der Waals surface area (Å²) in [6.07, 6.45) is 1.59. The third-order valence-corrected chi connectivity index (χ3v) is 4.01. The Hall–Kier alpha value is -3.74. The van der Waals surface area contributed by atoms with E-state index in [1.165, 1.54) is 7.11 Å². The van der Waals surface area contributed by atoms with Crippen LogP contribution in [0.4, 0.5) is 17.1 Å². The summed E-state index contributed by atoms with van der Waals surface area (Å²) >= 11 is 0. The summed E-state index contributed by atoms with van der Waals surface area (Å²) in [6.45, 7) is 0. The summed E-state index contributed by atoms with van der Waals surface area (Å²) in [6, 6.07) is 16.1. The van der Waals surface area contributed by atoms with Crippen LogP contribution in [0, 0.1) is 0 Å². The molecule has 0 aliphatic heterocycles. The van der Waals surface area contributed by atoms with Gasteiger partial charge < -0.3 is 24.8 Å². The molecule has 3 aromatic rings. The maximum atomic E-state index is 12.5. The van der Waals surface area contributed by atoms with Crippen LogP contribution in [-0.2, 0) is 0 Å². The molecule has 3 rings (SSSR count). The van der Waals surface area contributed by atoms with E-state index in [-0.39, 0.29) is 11.6 Å². The number of hydrogen-bond acceptors (Lipinski definition) is 6. The average Bonchev–Trinajstić information content (AvgIpc) is 2.74. The van der Waals surface area contributed by atoms with Gasteiger partial charge in [-0.2, -0.15) is 0 Å². The zero-order valence-corrected chi connectivity index (χ0v) is 15.9. The number of nitrogens with zero attached hydrogens (tertiary/aromatic N) is 1. The summed E-state index contributed by atoms with van der Waals surface area (Å²) in [4.78, 5) is 16.8. The third-order valence-electron chi connectivity index (χ3n) is 4.01. The number of methoxy groups -OCH3 is 3. The number of aromatic nitrogens is 1. The number of pyridine rings is 1. The van der Waals surface area contributed by atoms with Crippen molar-refractivity contribution in [3.05, 3.63) is 66.5 Å². The van der Waals surface area contributed by atoms with Gasteiger partial charge in [0.25, 0.3) is 5.91 Å². The monoisotopic (exact) mass is 379 g/mol. The summed E-state index contributed by atoms with van der Waals surface area (Å²) in [5.74, 6) is 1.55. The van der Waals surface area contributed by atoms with Crippen molar-refractivity contribution in [1.29, 1.82) is 0 Å². The van der Waals surface area contributed by atoms with Gasteiger partial charge >= 0.3 is 0 Å². The molecule has 1 amide bonds. The van der Waals surface area contributed by atoms with Gasteiger partial charge in [0.15, 0.2) is 0 Å². The molecule has 0 saturated carbocycles. The van der Waals surface area contributed by atoms with Gasteiger partial charge in [0.05, 0.1) is 38.9 Å². The number of anilines is 3. The molecule has 0 saturated heterocycles. The SMILES string of the molecule is COc1cccc(Nc2ccc(C(=O)Nc3cc(OC)ccc3OC)nc2)c1. The van der Waals surface area contributed by atoms with Gasteiger partial charge in [-0.25, -0.2) is 4.98 Å². The summed E-state index contributed by atoms with van der Waals surface area (Å²) in [7, 11) is 4.71. The molecule has 0 aliphatic rings. The van der Waals surface area contributed by atoms with Crippen molar-refractivity contribution in [2.75, 3.05) is 32.0 Å². The summed E-state index contributed by atoms with van der Waals surface area (Å²) in [5.41, 5.74) is 2.40. The largest absolute Gasteiger partial charge is 0.497 e. The molecule has 0 bridgehead atoms. The Balaban J connectivity index is 1.72. The second kappa shape index (κ2) is 8.77. The van der Waals surface area contributed by atoms with Crippen LogP contribution < -0.4 is 24.8 Å². The van der Waals surface area contributed by atoms with Crippen LogP contribution in [0.25, 0.3) is 0 Å². The van der Waals surface area contributed by atoms with E-state index in [0.29, 0.717) is 17.2 Å². The lowest BCUT2D eigenvalue weighted by Crippen LogP contribution is -2.14. The van der Waals surface area contributed by atoms with Crippen LogP contribution in [-0.4, -0.2) is 32.2 Å². The van der Waals surface area contributed by atoms with E-state index in [0.717, 1.165) is 17.1 Å². The quantitative estimate of drug-likeness (QED) is 0.643. The van der Waals surface area contributed by atoms with Gasteiger partial charge in [-0.05, 0) is 36.4 Å². The number of carbonyl (C=O) groups is 1. The van der Waals surface area contributed by atoms with Crippen LogP contribution in [0.5, 0.6) is 17.2 Å². The molecule has 1 aromatic heterocycles. The van der Waals surface area contributed by atoms with E-state index in [1.54, 1.807) is 50.7 Å². The smallest absolute Gasteiger partial charge is 0.274 e. The number of hydrogen-bond donors (Lipinski definition) is 2. The molecule has 0 spiro atoms. The summed E-state index contributed by atoms with van der Waals surface area (Å²) < 4.78 is 15.7.